The van der Waals surface area contributed by atoms with E-state index in [0.717, 1.165) is 28.0 Å². The summed E-state index contributed by atoms with van der Waals surface area (Å²) in [6, 6.07) is 17.3. The Morgan fingerprint density at radius 1 is 1.03 bits per heavy atom. The molecule has 0 aromatic heterocycles. The summed E-state index contributed by atoms with van der Waals surface area (Å²) >= 11 is 0. The second-order valence-electron chi connectivity index (χ2n) is 9.76. The number of fused-ring (bicyclic) bond motifs is 1. The lowest BCUT2D eigenvalue weighted by Gasteiger charge is -2.35. The van der Waals surface area contributed by atoms with Crippen LogP contribution in [0, 0.1) is 13.8 Å². The highest BCUT2D eigenvalue weighted by atomic mass is 32.2. The fraction of sp³-hybridized carbons (Fsp3) is 0.345. The number of nitrogens with zero attached hydrogens (tertiary/aromatic N) is 1. The van der Waals surface area contributed by atoms with Crippen LogP contribution in [-0.2, 0) is 14.8 Å². The minimum absolute atomic E-state index is 0.134. The van der Waals surface area contributed by atoms with E-state index >= 15 is 0 Å². The number of nitrogens with one attached hydrogen (secondary N) is 1. The van der Waals surface area contributed by atoms with Crippen LogP contribution in [0.5, 0.6) is 11.5 Å². The first-order chi connectivity index (χ1) is 17.5. The van der Waals surface area contributed by atoms with Crippen LogP contribution < -0.4 is 19.1 Å². The lowest BCUT2D eigenvalue weighted by atomic mass is 9.93. The smallest absolute Gasteiger partial charge is 0.264 e. The van der Waals surface area contributed by atoms with Gasteiger partial charge in [0.25, 0.3) is 15.9 Å². The molecule has 0 bridgehead atoms. The number of hydrogen-bond donors (Lipinski definition) is 1. The summed E-state index contributed by atoms with van der Waals surface area (Å²) in [6.45, 7) is 9.83. The molecule has 0 saturated heterocycles. The van der Waals surface area contributed by atoms with Gasteiger partial charge < -0.3 is 14.8 Å². The largest absolute Gasteiger partial charge is 0.496 e. The predicted molar refractivity (Wildman–Crippen MR) is 145 cm³/mol. The van der Waals surface area contributed by atoms with Crippen LogP contribution in [0.4, 0.5) is 5.69 Å². The molecule has 4 rings (SSSR count). The van der Waals surface area contributed by atoms with E-state index < -0.39 is 16.1 Å². The molecule has 0 aliphatic carbocycles. The molecule has 37 heavy (non-hydrogen) atoms. The van der Waals surface area contributed by atoms with Gasteiger partial charge in [-0.1, -0.05) is 38.1 Å². The Morgan fingerprint density at radius 2 is 1.73 bits per heavy atom. The van der Waals surface area contributed by atoms with Gasteiger partial charge >= 0.3 is 0 Å². The van der Waals surface area contributed by atoms with Crippen LogP contribution in [0.15, 0.2) is 65.6 Å². The maximum absolute atomic E-state index is 13.6. The maximum Gasteiger partial charge on any atom is 0.264 e. The second-order valence-corrected chi connectivity index (χ2v) is 11.6. The first-order valence-corrected chi connectivity index (χ1v) is 13.8. The maximum atomic E-state index is 13.6. The van der Waals surface area contributed by atoms with Crippen LogP contribution >= 0.6 is 0 Å². The predicted octanol–water partition coefficient (Wildman–Crippen LogP) is 5.27. The summed E-state index contributed by atoms with van der Waals surface area (Å²) < 4.78 is 40.1. The fourth-order valence-electron chi connectivity index (χ4n) is 4.64. The zero-order chi connectivity index (χ0) is 26.9. The van der Waals surface area contributed by atoms with Gasteiger partial charge in [-0.2, -0.15) is 0 Å². The van der Waals surface area contributed by atoms with Crippen molar-refractivity contribution < 1.29 is 22.7 Å². The van der Waals surface area contributed by atoms with Crippen molar-refractivity contribution in [3.05, 3.63) is 82.9 Å². The van der Waals surface area contributed by atoms with Gasteiger partial charge in [0.15, 0.2) is 6.10 Å². The third-order valence-corrected chi connectivity index (χ3v) is 8.47. The van der Waals surface area contributed by atoms with Gasteiger partial charge in [0.05, 0.1) is 30.3 Å². The molecule has 2 atom stereocenters. The lowest BCUT2D eigenvalue weighted by Crippen LogP contribution is -2.51. The molecule has 0 saturated carbocycles. The highest BCUT2D eigenvalue weighted by Gasteiger charge is 2.38. The molecule has 3 aromatic rings. The van der Waals surface area contributed by atoms with E-state index in [4.69, 9.17) is 9.47 Å². The Balaban J connectivity index is 1.64. The number of ether oxygens (including phenoxy) is 2. The van der Waals surface area contributed by atoms with E-state index in [0.29, 0.717) is 11.4 Å². The van der Waals surface area contributed by atoms with Gasteiger partial charge in [0, 0.05) is 0 Å². The SMILES string of the molecule is COc1cc(C)c(C(C)NC(=O)C2CN(S(=O)(=O)c3ccccc3)c3cc(C)ccc3O2)cc1C(C)C. The van der Waals surface area contributed by atoms with Crippen molar-refractivity contribution in [3.8, 4) is 11.5 Å². The van der Waals surface area contributed by atoms with Crippen LogP contribution in [-0.4, -0.2) is 34.1 Å². The second kappa shape index (κ2) is 10.5. The van der Waals surface area contributed by atoms with E-state index in [-0.39, 0.29) is 29.3 Å². The molecule has 3 aromatic carbocycles. The average molecular weight is 523 g/mol. The van der Waals surface area contributed by atoms with Crippen LogP contribution in [0.25, 0.3) is 0 Å². The molecule has 8 heteroatoms. The third kappa shape index (κ3) is 5.30. The minimum Gasteiger partial charge on any atom is -0.496 e. The van der Waals surface area contributed by atoms with Crippen molar-refractivity contribution >= 4 is 21.6 Å². The molecule has 1 aliphatic heterocycles. The third-order valence-electron chi connectivity index (χ3n) is 6.67. The monoisotopic (exact) mass is 522 g/mol. The molecule has 1 N–H and O–H groups in total. The highest BCUT2D eigenvalue weighted by Crippen LogP contribution is 2.38. The number of benzene rings is 3. The van der Waals surface area contributed by atoms with Crippen LogP contribution in [0.1, 0.15) is 55.0 Å². The number of anilines is 1. The van der Waals surface area contributed by atoms with Gasteiger partial charge in [0.2, 0.25) is 0 Å². The zero-order valence-corrected chi connectivity index (χ0v) is 22.9. The van der Waals surface area contributed by atoms with Gasteiger partial charge in [-0.05, 0) is 85.3 Å². The molecule has 0 fully saturated rings. The minimum atomic E-state index is -3.91. The number of carbonyl (C=O) groups excluding carboxylic acids is 1. The quantitative estimate of drug-likeness (QED) is 0.457. The Bertz CT molecular complexity index is 1400. The van der Waals surface area contributed by atoms with Crippen molar-refractivity contribution in [2.24, 2.45) is 0 Å². The molecule has 7 nitrogen and oxygen atoms in total. The topological polar surface area (TPSA) is 84.9 Å². The first-order valence-electron chi connectivity index (χ1n) is 12.4. The van der Waals surface area contributed by atoms with E-state index in [1.54, 1.807) is 49.6 Å². The molecule has 2 unspecified atom stereocenters. The molecular weight excluding hydrogens is 488 g/mol. The van der Waals surface area contributed by atoms with Gasteiger partial charge in [-0.15, -0.1) is 0 Å². The first kappa shape index (κ1) is 26.5. The zero-order valence-electron chi connectivity index (χ0n) is 22.1. The summed E-state index contributed by atoms with van der Waals surface area (Å²) in [5.41, 5.74) is 4.34. The molecule has 1 amide bonds. The Morgan fingerprint density at radius 3 is 2.38 bits per heavy atom. The molecule has 196 valence electrons. The number of carbonyl (C=O) groups is 1. The van der Waals surface area contributed by atoms with E-state index in [9.17, 15) is 13.2 Å². The number of aryl methyl sites for hydroxylation is 2. The molecule has 1 heterocycles. The lowest BCUT2D eigenvalue weighted by molar-refractivity contribution is -0.128. The molecule has 1 aliphatic rings. The summed E-state index contributed by atoms with van der Waals surface area (Å²) in [7, 11) is -2.26. The summed E-state index contributed by atoms with van der Waals surface area (Å²) in [6.07, 6.45) is -1.01. The summed E-state index contributed by atoms with van der Waals surface area (Å²) in [5, 5.41) is 3.04. The summed E-state index contributed by atoms with van der Waals surface area (Å²) in [4.78, 5) is 13.6. The average Bonchev–Trinajstić information content (AvgIpc) is 2.87. The Hall–Kier alpha value is -3.52. The van der Waals surface area contributed by atoms with Crippen molar-refractivity contribution in [2.75, 3.05) is 18.0 Å². The van der Waals surface area contributed by atoms with Crippen molar-refractivity contribution in [3.63, 3.8) is 0 Å². The number of methoxy groups -OCH3 is 1. The van der Waals surface area contributed by atoms with E-state index in [1.165, 1.54) is 4.31 Å². The van der Waals surface area contributed by atoms with Gasteiger partial charge in [-0.3, -0.25) is 9.10 Å². The van der Waals surface area contributed by atoms with E-state index in [1.807, 2.05) is 32.9 Å². The highest BCUT2D eigenvalue weighted by molar-refractivity contribution is 7.92. The molecular formula is C29H34N2O5S. The van der Waals surface area contributed by atoms with E-state index in [2.05, 4.69) is 25.2 Å². The number of amides is 1. The Labute approximate surface area is 219 Å². The summed E-state index contributed by atoms with van der Waals surface area (Å²) in [5.74, 6) is 1.04. The molecule has 0 radical (unpaired) electrons. The van der Waals surface area contributed by atoms with Crippen LogP contribution in [0.2, 0.25) is 0 Å². The van der Waals surface area contributed by atoms with Crippen molar-refractivity contribution in [1.82, 2.24) is 5.32 Å². The number of sulfonamides is 1. The van der Waals surface area contributed by atoms with Crippen molar-refractivity contribution in [1.29, 1.82) is 0 Å². The number of hydrogen-bond acceptors (Lipinski definition) is 5. The van der Waals surface area contributed by atoms with Gasteiger partial charge in [-0.25, -0.2) is 8.42 Å². The van der Waals surface area contributed by atoms with Crippen molar-refractivity contribution in [2.45, 2.75) is 57.6 Å². The molecule has 0 spiro atoms. The normalized spacial score (nSPS) is 16.1. The van der Waals surface area contributed by atoms with Crippen LogP contribution in [0.3, 0.4) is 0 Å². The fourth-order valence-corrected chi connectivity index (χ4v) is 6.13. The van der Waals surface area contributed by atoms with Gasteiger partial charge in [0.1, 0.15) is 11.5 Å². The Kier molecular flexibility index (Phi) is 7.50. The standard InChI is InChI=1S/C29H34N2O5S/c1-18(2)23-16-24(20(4)15-27(23)35-6)21(5)30-29(32)28-17-31(25-14-19(3)12-13-26(25)36-28)37(33,34)22-10-8-7-9-11-22/h7-16,18,21,28H,17H2,1-6H3,(H,30,32). The number of rotatable bonds is 7.